The third-order valence-electron chi connectivity index (χ3n) is 2.90. The molecular formula is C14H12ClF2NO2S. The van der Waals surface area contributed by atoms with E-state index in [4.69, 9.17) is 11.6 Å². The monoisotopic (exact) mass is 331 g/mol. The van der Waals surface area contributed by atoms with Crippen LogP contribution in [0.2, 0.25) is 5.02 Å². The van der Waals surface area contributed by atoms with Gasteiger partial charge in [0.15, 0.2) is 11.6 Å². The average molecular weight is 332 g/mol. The van der Waals surface area contributed by atoms with Crippen molar-refractivity contribution in [3.05, 3.63) is 64.7 Å². The fourth-order valence-electron chi connectivity index (χ4n) is 1.76. The Morgan fingerprint density at radius 1 is 1.05 bits per heavy atom. The maximum Gasteiger partial charge on any atom is 0.241 e. The second-order valence-electron chi connectivity index (χ2n) is 4.47. The number of hydrogen-bond donors (Lipinski definition) is 1. The first kappa shape index (κ1) is 15.9. The number of hydrogen-bond acceptors (Lipinski definition) is 2. The average Bonchev–Trinajstić information content (AvgIpc) is 2.41. The Labute approximate surface area is 126 Å². The molecule has 0 saturated heterocycles. The molecule has 2 aromatic rings. The van der Waals surface area contributed by atoms with Gasteiger partial charge in [-0.2, -0.15) is 0 Å². The van der Waals surface area contributed by atoms with E-state index in [-0.39, 0.29) is 4.90 Å². The van der Waals surface area contributed by atoms with Crippen LogP contribution in [0.3, 0.4) is 0 Å². The largest absolute Gasteiger partial charge is 0.241 e. The molecule has 112 valence electrons. The summed E-state index contributed by atoms with van der Waals surface area (Å²) in [5.41, 5.74) is 0.325. The summed E-state index contributed by atoms with van der Waals surface area (Å²) in [4.78, 5) is 0.0429. The van der Waals surface area contributed by atoms with E-state index < -0.39 is 27.7 Å². The van der Waals surface area contributed by atoms with E-state index in [1.54, 1.807) is 6.92 Å². The third kappa shape index (κ3) is 3.78. The molecule has 0 heterocycles. The zero-order valence-electron chi connectivity index (χ0n) is 11.0. The summed E-state index contributed by atoms with van der Waals surface area (Å²) in [6.45, 7) is 1.54. The van der Waals surface area contributed by atoms with E-state index in [2.05, 4.69) is 4.72 Å². The maximum absolute atomic E-state index is 13.2. The lowest BCUT2D eigenvalue weighted by Crippen LogP contribution is -2.27. The van der Waals surface area contributed by atoms with Gasteiger partial charge in [-0.3, -0.25) is 0 Å². The smallest absolute Gasteiger partial charge is 0.207 e. The molecule has 0 aliphatic carbocycles. The standard InChI is InChI=1S/C14H12ClF2NO2S/c1-9(10-2-7-13(16)14(17)8-10)18-21(19,20)12-5-3-11(15)4-6-12/h2-9,18H,1H3/t9-/m0/s1. The highest BCUT2D eigenvalue weighted by Crippen LogP contribution is 2.20. The topological polar surface area (TPSA) is 46.2 Å². The van der Waals surface area contributed by atoms with E-state index in [1.165, 1.54) is 30.3 Å². The lowest BCUT2D eigenvalue weighted by atomic mass is 10.1. The van der Waals surface area contributed by atoms with Crippen LogP contribution in [0.5, 0.6) is 0 Å². The van der Waals surface area contributed by atoms with Gasteiger partial charge in [0.2, 0.25) is 10.0 Å². The summed E-state index contributed by atoms with van der Waals surface area (Å²) >= 11 is 5.70. The van der Waals surface area contributed by atoms with Crippen LogP contribution < -0.4 is 4.72 Å². The normalized spacial score (nSPS) is 13.1. The summed E-state index contributed by atoms with van der Waals surface area (Å²) in [5.74, 6) is -2.00. The highest BCUT2D eigenvalue weighted by Gasteiger charge is 2.19. The van der Waals surface area contributed by atoms with Crippen molar-refractivity contribution in [3.8, 4) is 0 Å². The van der Waals surface area contributed by atoms with Crippen molar-refractivity contribution >= 4 is 21.6 Å². The molecule has 0 aliphatic heterocycles. The van der Waals surface area contributed by atoms with Crippen LogP contribution in [0.1, 0.15) is 18.5 Å². The van der Waals surface area contributed by atoms with Gasteiger partial charge in [0.05, 0.1) is 4.90 Å². The minimum absolute atomic E-state index is 0.0429. The van der Waals surface area contributed by atoms with E-state index in [0.717, 1.165) is 12.1 Å². The van der Waals surface area contributed by atoms with Crippen LogP contribution in [0.15, 0.2) is 47.4 Å². The molecular weight excluding hydrogens is 320 g/mol. The van der Waals surface area contributed by atoms with Crippen molar-refractivity contribution in [2.75, 3.05) is 0 Å². The Kier molecular flexibility index (Phi) is 4.61. The molecule has 1 atom stereocenters. The van der Waals surface area contributed by atoms with Crippen molar-refractivity contribution < 1.29 is 17.2 Å². The Bertz CT molecular complexity index is 748. The van der Waals surface area contributed by atoms with Crippen LogP contribution in [0, 0.1) is 11.6 Å². The van der Waals surface area contributed by atoms with Gasteiger partial charge in [0.1, 0.15) is 0 Å². The number of sulfonamides is 1. The van der Waals surface area contributed by atoms with Crippen molar-refractivity contribution in [3.63, 3.8) is 0 Å². The van der Waals surface area contributed by atoms with Crippen molar-refractivity contribution in [1.29, 1.82) is 0 Å². The van der Waals surface area contributed by atoms with E-state index in [0.29, 0.717) is 10.6 Å². The van der Waals surface area contributed by atoms with Gasteiger partial charge in [-0.25, -0.2) is 21.9 Å². The predicted octanol–water partition coefficient (Wildman–Crippen LogP) is 3.66. The maximum atomic E-state index is 13.2. The summed E-state index contributed by atoms with van der Waals surface area (Å²) in [6, 6.07) is 8.18. The van der Waals surface area contributed by atoms with E-state index in [1.807, 2.05) is 0 Å². The fourth-order valence-corrected chi connectivity index (χ4v) is 3.12. The Balaban J connectivity index is 2.23. The minimum atomic E-state index is -3.77. The number of rotatable bonds is 4. The minimum Gasteiger partial charge on any atom is -0.207 e. The molecule has 0 spiro atoms. The molecule has 0 saturated carbocycles. The molecule has 0 bridgehead atoms. The molecule has 1 N–H and O–H groups in total. The first-order valence-corrected chi connectivity index (χ1v) is 7.88. The van der Waals surface area contributed by atoms with Crippen molar-refractivity contribution in [1.82, 2.24) is 4.72 Å². The first-order chi connectivity index (χ1) is 9.79. The zero-order chi connectivity index (χ0) is 15.6. The molecule has 21 heavy (non-hydrogen) atoms. The highest BCUT2D eigenvalue weighted by molar-refractivity contribution is 7.89. The molecule has 0 amide bonds. The van der Waals surface area contributed by atoms with Gasteiger partial charge in [-0.1, -0.05) is 17.7 Å². The van der Waals surface area contributed by atoms with Crippen molar-refractivity contribution in [2.24, 2.45) is 0 Å². The summed E-state index contributed by atoms with van der Waals surface area (Å²) in [5, 5.41) is 0.419. The molecule has 3 nitrogen and oxygen atoms in total. The predicted molar refractivity (Wildman–Crippen MR) is 76.5 cm³/mol. The van der Waals surface area contributed by atoms with Gasteiger partial charge in [0, 0.05) is 11.1 Å². The van der Waals surface area contributed by atoms with Crippen LogP contribution in [-0.2, 0) is 10.0 Å². The molecule has 2 aromatic carbocycles. The third-order valence-corrected chi connectivity index (χ3v) is 4.71. The second kappa shape index (κ2) is 6.09. The molecule has 0 fully saturated rings. The van der Waals surface area contributed by atoms with Crippen LogP contribution in [-0.4, -0.2) is 8.42 Å². The highest BCUT2D eigenvalue weighted by atomic mass is 35.5. The number of halogens is 3. The second-order valence-corrected chi connectivity index (χ2v) is 6.62. The van der Waals surface area contributed by atoms with Gasteiger partial charge < -0.3 is 0 Å². The van der Waals surface area contributed by atoms with Crippen LogP contribution in [0.25, 0.3) is 0 Å². The number of benzene rings is 2. The number of nitrogens with one attached hydrogen (secondary N) is 1. The van der Waals surface area contributed by atoms with Gasteiger partial charge in [-0.15, -0.1) is 0 Å². The van der Waals surface area contributed by atoms with Gasteiger partial charge >= 0.3 is 0 Å². The fraction of sp³-hybridized carbons (Fsp3) is 0.143. The molecule has 2 rings (SSSR count). The first-order valence-electron chi connectivity index (χ1n) is 6.02. The van der Waals surface area contributed by atoms with Gasteiger partial charge in [0.25, 0.3) is 0 Å². The van der Waals surface area contributed by atoms with Crippen molar-refractivity contribution in [2.45, 2.75) is 17.9 Å². The Hall–Kier alpha value is -1.50. The Morgan fingerprint density at radius 2 is 1.67 bits per heavy atom. The molecule has 0 unspecified atom stereocenters. The molecule has 0 aromatic heterocycles. The molecule has 7 heteroatoms. The molecule has 0 aliphatic rings. The van der Waals surface area contributed by atoms with Crippen LogP contribution >= 0.6 is 11.6 Å². The van der Waals surface area contributed by atoms with E-state index >= 15 is 0 Å². The lowest BCUT2D eigenvalue weighted by Gasteiger charge is -2.15. The lowest BCUT2D eigenvalue weighted by molar-refractivity contribution is 0.504. The Morgan fingerprint density at radius 3 is 2.24 bits per heavy atom. The zero-order valence-corrected chi connectivity index (χ0v) is 12.5. The summed E-state index contributed by atoms with van der Waals surface area (Å²) < 4.78 is 52.8. The summed E-state index contributed by atoms with van der Waals surface area (Å²) in [7, 11) is -3.77. The molecule has 0 radical (unpaired) electrons. The van der Waals surface area contributed by atoms with Crippen LogP contribution in [0.4, 0.5) is 8.78 Å². The summed E-state index contributed by atoms with van der Waals surface area (Å²) in [6.07, 6.45) is 0. The SMILES string of the molecule is C[C@H](NS(=O)(=O)c1ccc(Cl)cc1)c1ccc(F)c(F)c1. The van der Waals surface area contributed by atoms with E-state index in [9.17, 15) is 17.2 Å². The van der Waals surface area contributed by atoms with Gasteiger partial charge in [-0.05, 0) is 48.9 Å². The quantitative estimate of drug-likeness (QED) is 0.929.